The average molecular weight is 340 g/mol. The monoisotopic (exact) mass is 340 g/mol. The van der Waals surface area contributed by atoms with Crippen molar-refractivity contribution in [1.29, 1.82) is 0 Å². The summed E-state index contributed by atoms with van der Waals surface area (Å²) in [5.74, 6) is 0.589. The van der Waals surface area contributed by atoms with E-state index < -0.39 is 15.1 Å². The molecule has 7 heteroatoms. The lowest BCUT2D eigenvalue weighted by Gasteiger charge is -2.10. The van der Waals surface area contributed by atoms with Crippen molar-refractivity contribution >= 4 is 9.84 Å². The van der Waals surface area contributed by atoms with E-state index in [1.807, 2.05) is 13.8 Å². The molecule has 1 aromatic heterocycles. The van der Waals surface area contributed by atoms with Crippen molar-refractivity contribution in [3.63, 3.8) is 0 Å². The van der Waals surface area contributed by atoms with E-state index >= 15 is 0 Å². The highest BCUT2D eigenvalue weighted by Crippen LogP contribution is 2.23. The van der Waals surface area contributed by atoms with Gasteiger partial charge in [-0.2, -0.15) is 4.98 Å². The van der Waals surface area contributed by atoms with Gasteiger partial charge < -0.3 is 4.52 Å². The van der Waals surface area contributed by atoms with Crippen LogP contribution in [-0.2, 0) is 16.3 Å². The summed E-state index contributed by atoms with van der Waals surface area (Å²) in [5, 5.41) is 3.00. The Labute approximate surface area is 135 Å². The van der Waals surface area contributed by atoms with Gasteiger partial charge in [-0.05, 0) is 37.0 Å². The van der Waals surface area contributed by atoms with Gasteiger partial charge in [0.2, 0.25) is 5.89 Å². The molecule has 5 nitrogen and oxygen atoms in total. The molecule has 2 rings (SSSR count). The highest BCUT2D eigenvalue weighted by atomic mass is 32.2. The van der Waals surface area contributed by atoms with E-state index in [1.54, 1.807) is 19.1 Å². The maximum absolute atomic E-state index is 12.9. The molecule has 0 bridgehead atoms. The van der Waals surface area contributed by atoms with Crippen LogP contribution in [0.3, 0.4) is 0 Å². The molecule has 126 valence electrons. The first-order chi connectivity index (χ1) is 10.8. The van der Waals surface area contributed by atoms with E-state index in [-0.39, 0.29) is 17.5 Å². The lowest BCUT2D eigenvalue weighted by molar-refractivity contribution is 0.371. The number of sulfone groups is 1. The van der Waals surface area contributed by atoms with E-state index in [4.69, 9.17) is 4.52 Å². The fourth-order valence-corrected chi connectivity index (χ4v) is 3.58. The SMILES string of the molecule is CC(C)CCS(=O)(=O)[C@@H](C)c1nc(Cc2ccc(F)cc2)no1. The van der Waals surface area contributed by atoms with Crippen LogP contribution in [0.4, 0.5) is 4.39 Å². The maximum atomic E-state index is 12.9. The Morgan fingerprint density at radius 2 is 1.83 bits per heavy atom. The lowest BCUT2D eigenvalue weighted by atomic mass is 10.1. The van der Waals surface area contributed by atoms with Crippen LogP contribution in [0.15, 0.2) is 28.8 Å². The smallest absolute Gasteiger partial charge is 0.244 e. The summed E-state index contributed by atoms with van der Waals surface area (Å²) in [5.41, 5.74) is 0.828. The third-order valence-corrected chi connectivity index (χ3v) is 5.71. The number of aromatic nitrogens is 2. The van der Waals surface area contributed by atoms with Crippen molar-refractivity contribution in [2.45, 2.75) is 38.9 Å². The highest BCUT2D eigenvalue weighted by Gasteiger charge is 2.28. The standard InChI is InChI=1S/C16H21FN2O3S/c1-11(2)8-9-23(20,21)12(3)16-18-15(19-22-16)10-13-4-6-14(17)7-5-13/h4-7,11-12H,8-10H2,1-3H3/t12-/m0/s1. The van der Waals surface area contributed by atoms with Gasteiger partial charge in [0, 0.05) is 6.42 Å². The summed E-state index contributed by atoms with van der Waals surface area (Å²) in [6, 6.07) is 5.98. The molecule has 0 saturated carbocycles. The zero-order chi connectivity index (χ0) is 17.0. The summed E-state index contributed by atoms with van der Waals surface area (Å²) in [4.78, 5) is 4.17. The molecular weight excluding hydrogens is 319 g/mol. The summed E-state index contributed by atoms with van der Waals surface area (Å²) in [6.07, 6.45) is 0.964. The van der Waals surface area contributed by atoms with Crippen LogP contribution < -0.4 is 0 Å². The molecule has 0 unspecified atom stereocenters. The predicted octanol–water partition coefficient (Wildman–Crippen LogP) is 3.32. The lowest BCUT2D eigenvalue weighted by Crippen LogP contribution is -2.16. The van der Waals surface area contributed by atoms with Crippen molar-refractivity contribution < 1.29 is 17.3 Å². The molecule has 0 saturated heterocycles. The van der Waals surface area contributed by atoms with Crippen molar-refractivity contribution in [3.05, 3.63) is 47.4 Å². The second-order valence-electron chi connectivity index (χ2n) is 6.04. The van der Waals surface area contributed by atoms with E-state index in [0.717, 1.165) is 5.56 Å². The minimum absolute atomic E-state index is 0.0987. The van der Waals surface area contributed by atoms with Crippen molar-refractivity contribution in [2.75, 3.05) is 5.75 Å². The summed E-state index contributed by atoms with van der Waals surface area (Å²) in [7, 11) is -3.32. The largest absolute Gasteiger partial charge is 0.338 e. The Morgan fingerprint density at radius 3 is 2.43 bits per heavy atom. The van der Waals surface area contributed by atoms with Crippen molar-refractivity contribution in [2.24, 2.45) is 5.92 Å². The van der Waals surface area contributed by atoms with Crippen LogP contribution >= 0.6 is 0 Å². The van der Waals surface area contributed by atoms with Gasteiger partial charge in [-0.1, -0.05) is 31.1 Å². The van der Waals surface area contributed by atoms with Crippen LogP contribution in [0.25, 0.3) is 0 Å². The van der Waals surface area contributed by atoms with Crippen LogP contribution in [-0.4, -0.2) is 24.3 Å². The van der Waals surface area contributed by atoms with Gasteiger partial charge in [-0.3, -0.25) is 0 Å². The molecule has 0 aliphatic heterocycles. The van der Waals surface area contributed by atoms with Gasteiger partial charge in [0.05, 0.1) is 5.75 Å². The topological polar surface area (TPSA) is 73.1 Å². The Morgan fingerprint density at radius 1 is 1.17 bits per heavy atom. The van der Waals surface area contributed by atoms with Crippen LogP contribution in [0.5, 0.6) is 0 Å². The third kappa shape index (κ3) is 4.86. The molecule has 0 spiro atoms. The number of hydrogen-bond donors (Lipinski definition) is 0. The van der Waals surface area contributed by atoms with E-state index in [2.05, 4.69) is 10.1 Å². The number of rotatable bonds is 7. The molecule has 1 atom stereocenters. The third-order valence-electron chi connectivity index (χ3n) is 3.63. The first kappa shape index (κ1) is 17.6. The van der Waals surface area contributed by atoms with Gasteiger partial charge in [0.25, 0.3) is 0 Å². The predicted molar refractivity (Wildman–Crippen MR) is 85.2 cm³/mol. The summed E-state index contributed by atoms with van der Waals surface area (Å²) >= 11 is 0. The van der Waals surface area contributed by atoms with E-state index in [0.29, 0.717) is 24.6 Å². The average Bonchev–Trinajstić information content (AvgIpc) is 2.95. The van der Waals surface area contributed by atoms with Gasteiger partial charge >= 0.3 is 0 Å². The summed E-state index contributed by atoms with van der Waals surface area (Å²) in [6.45, 7) is 5.52. The molecule has 2 aromatic rings. The van der Waals surface area contributed by atoms with Crippen LogP contribution in [0.2, 0.25) is 0 Å². The Balaban J connectivity index is 2.07. The normalized spacial score (nSPS) is 13.4. The maximum Gasteiger partial charge on any atom is 0.244 e. The van der Waals surface area contributed by atoms with Crippen molar-refractivity contribution in [1.82, 2.24) is 10.1 Å². The van der Waals surface area contributed by atoms with E-state index in [1.165, 1.54) is 12.1 Å². The molecule has 23 heavy (non-hydrogen) atoms. The molecule has 1 heterocycles. The fraction of sp³-hybridized carbons (Fsp3) is 0.500. The quantitative estimate of drug-likeness (QED) is 0.773. The van der Waals surface area contributed by atoms with Crippen LogP contribution in [0, 0.1) is 11.7 Å². The van der Waals surface area contributed by atoms with Crippen molar-refractivity contribution in [3.8, 4) is 0 Å². The summed E-state index contributed by atoms with van der Waals surface area (Å²) < 4.78 is 42.5. The molecule has 0 fully saturated rings. The Kier molecular flexibility index (Phi) is 5.51. The molecule has 0 amide bonds. The highest BCUT2D eigenvalue weighted by molar-refractivity contribution is 7.91. The minimum atomic E-state index is -3.32. The number of nitrogens with zero attached hydrogens (tertiary/aromatic N) is 2. The number of hydrogen-bond acceptors (Lipinski definition) is 5. The van der Waals surface area contributed by atoms with E-state index in [9.17, 15) is 12.8 Å². The van der Waals surface area contributed by atoms with Crippen LogP contribution in [0.1, 0.15) is 49.7 Å². The second kappa shape index (κ2) is 7.21. The molecule has 0 N–H and O–H groups in total. The molecular formula is C16H21FN2O3S. The Bertz CT molecular complexity index is 739. The Hall–Kier alpha value is -1.76. The molecule has 1 aromatic carbocycles. The first-order valence-corrected chi connectivity index (χ1v) is 9.28. The fourth-order valence-electron chi connectivity index (χ4n) is 2.02. The first-order valence-electron chi connectivity index (χ1n) is 7.56. The van der Waals surface area contributed by atoms with Gasteiger partial charge in [-0.25, -0.2) is 12.8 Å². The second-order valence-corrected chi connectivity index (χ2v) is 8.48. The zero-order valence-electron chi connectivity index (χ0n) is 13.5. The number of benzene rings is 1. The number of halogens is 1. The minimum Gasteiger partial charge on any atom is -0.338 e. The zero-order valence-corrected chi connectivity index (χ0v) is 14.3. The molecule has 0 radical (unpaired) electrons. The van der Waals surface area contributed by atoms with Gasteiger partial charge in [0.15, 0.2) is 15.7 Å². The van der Waals surface area contributed by atoms with Gasteiger partial charge in [-0.15, -0.1) is 0 Å². The van der Waals surface area contributed by atoms with Gasteiger partial charge in [0.1, 0.15) is 11.1 Å². The molecule has 0 aliphatic carbocycles. The molecule has 0 aliphatic rings.